The Balaban J connectivity index is 2.22. The first kappa shape index (κ1) is 11.5. The summed E-state index contributed by atoms with van der Waals surface area (Å²) in [6.07, 6.45) is 1.89. The number of carbonyl (C=O) groups is 2. The van der Waals surface area contributed by atoms with Gasteiger partial charge in [-0.15, -0.1) is 0 Å². The van der Waals surface area contributed by atoms with Gasteiger partial charge in [0.05, 0.1) is 24.1 Å². The van der Waals surface area contributed by atoms with Gasteiger partial charge in [-0.25, -0.2) is 4.79 Å². The summed E-state index contributed by atoms with van der Waals surface area (Å²) in [6.45, 7) is 0.0259. The normalized spacial score (nSPS) is 23.7. The van der Waals surface area contributed by atoms with Crippen molar-refractivity contribution in [3.8, 4) is 0 Å². The van der Waals surface area contributed by atoms with Crippen LogP contribution in [0.25, 0.3) is 0 Å². The molecule has 1 aromatic rings. The number of likely N-dealkylation sites (tertiary alicyclic amines) is 1. The van der Waals surface area contributed by atoms with Crippen LogP contribution < -0.4 is 0 Å². The van der Waals surface area contributed by atoms with E-state index in [-0.39, 0.29) is 18.5 Å². The minimum absolute atomic E-state index is 0.0259. The summed E-state index contributed by atoms with van der Waals surface area (Å²) < 4.78 is 0. The highest BCUT2D eigenvalue weighted by molar-refractivity contribution is 5.96. The van der Waals surface area contributed by atoms with Crippen molar-refractivity contribution in [3.05, 3.63) is 24.0 Å². The van der Waals surface area contributed by atoms with Crippen molar-refractivity contribution in [2.24, 2.45) is 0 Å². The highest BCUT2D eigenvalue weighted by atomic mass is 16.4. The monoisotopic (exact) mass is 237 g/mol. The lowest BCUT2D eigenvalue weighted by atomic mass is 10.2. The number of carbonyl (C=O) groups excluding carboxylic acids is 1. The zero-order chi connectivity index (χ0) is 12.4. The largest absolute Gasteiger partial charge is 0.480 e. The smallest absolute Gasteiger partial charge is 0.326 e. The maximum absolute atomic E-state index is 12.0. The van der Waals surface area contributed by atoms with E-state index < -0.39 is 24.0 Å². The van der Waals surface area contributed by atoms with Crippen LogP contribution >= 0.6 is 0 Å². The number of carboxylic acids is 1. The number of amides is 1. The lowest BCUT2D eigenvalue weighted by Gasteiger charge is -2.20. The molecule has 0 aliphatic carbocycles. The first-order valence-corrected chi connectivity index (χ1v) is 5.08. The van der Waals surface area contributed by atoms with Gasteiger partial charge in [0, 0.05) is 13.0 Å². The summed E-state index contributed by atoms with van der Waals surface area (Å²) in [6, 6.07) is 0.476. The third kappa shape index (κ3) is 2.23. The van der Waals surface area contributed by atoms with Crippen molar-refractivity contribution in [1.82, 2.24) is 15.1 Å². The number of hydrogen-bond acceptors (Lipinski definition) is 5. The fourth-order valence-electron chi connectivity index (χ4n) is 1.86. The van der Waals surface area contributed by atoms with Gasteiger partial charge in [0.2, 0.25) is 0 Å². The van der Waals surface area contributed by atoms with E-state index in [2.05, 4.69) is 10.2 Å². The Morgan fingerprint density at radius 3 is 2.76 bits per heavy atom. The Labute approximate surface area is 96.7 Å². The summed E-state index contributed by atoms with van der Waals surface area (Å²) in [4.78, 5) is 24.1. The van der Waals surface area contributed by atoms with E-state index in [9.17, 15) is 14.7 Å². The zero-order valence-electron chi connectivity index (χ0n) is 8.85. The van der Waals surface area contributed by atoms with Crippen LogP contribution in [0.3, 0.4) is 0 Å². The molecule has 17 heavy (non-hydrogen) atoms. The van der Waals surface area contributed by atoms with Gasteiger partial charge in [-0.1, -0.05) is 0 Å². The van der Waals surface area contributed by atoms with E-state index in [1.807, 2.05) is 0 Å². The molecule has 2 unspecified atom stereocenters. The number of carboxylic acid groups (broad SMARTS) is 1. The highest BCUT2D eigenvalue weighted by Crippen LogP contribution is 2.20. The molecule has 90 valence electrons. The molecule has 0 bridgehead atoms. The lowest BCUT2D eigenvalue weighted by molar-refractivity contribution is -0.141. The van der Waals surface area contributed by atoms with Crippen LogP contribution in [-0.2, 0) is 4.79 Å². The van der Waals surface area contributed by atoms with Gasteiger partial charge in [-0.2, -0.15) is 10.2 Å². The van der Waals surface area contributed by atoms with Crippen molar-refractivity contribution in [1.29, 1.82) is 0 Å². The summed E-state index contributed by atoms with van der Waals surface area (Å²) in [7, 11) is 0. The van der Waals surface area contributed by atoms with Crippen molar-refractivity contribution < 1.29 is 19.8 Å². The second-order valence-corrected chi connectivity index (χ2v) is 3.83. The van der Waals surface area contributed by atoms with Gasteiger partial charge >= 0.3 is 5.97 Å². The van der Waals surface area contributed by atoms with Crippen molar-refractivity contribution in [2.45, 2.75) is 18.6 Å². The molecule has 2 N–H and O–H groups in total. The molecule has 2 atom stereocenters. The number of aliphatic hydroxyl groups excluding tert-OH is 1. The molecule has 7 heteroatoms. The van der Waals surface area contributed by atoms with Crippen LogP contribution in [0.15, 0.2) is 18.5 Å². The summed E-state index contributed by atoms with van der Waals surface area (Å²) in [5.74, 6) is -1.57. The molecule has 1 amide bonds. The first-order chi connectivity index (χ1) is 8.09. The maximum atomic E-state index is 12.0. The molecule has 2 rings (SSSR count). The van der Waals surface area contributed by atoms with Gasteiger partial charge in [0.1, 0.15) is 6.04 Å². The number of aliphatic carboxylic acids is 1. The molecule has 0 saturated carbocycles. The molecule has 0 spiro atoms. The van der Waals surface area contributed by atoms with Crippen LogP contribution in [0.2, 0.25) is 0 Å². The van der Waals surface area contributed by atoms with E-state index in [4.69, 9.17) is 5.11 Å². The SMILES string of the molecule is O=C(O)C1CC(O)CN1C(=O)c1ccnnc1. The second kappa shape index (κ2) is 4.46. The third-order valence-electron chi connectivity index (χ3n) is 2.66. The summed E-state index contributed by atoms with van der Waals surface area (Å²) in [5.41, 5.74) is 0.264. The van der Waals surface area contributed by atoms with E-state index >= 15 is 0 Å². The molecule has 0 aromatic carbocycles. The van der Waals surface area contributed by atoms with Gasteiger partial charge in [-0.05, 0) is 6.07 Å². The lowest BCUT2D eigenvalue weighted by Crippen LogP contribution is -2.40. The maximum Gasteiger partial charge on any atom is 0.326 e. The van der Waals surface area contributed by atoms with Crippen LogP contribution in [0, 0.1) is 0 Å². The number of aliphatic hydroxyl groups is 1. The van der Waals surface area contributed by atoms with E-state index in [0.29, 0.717) is 0 Å². The predicted octanol–water partition coefficient (Wildman–Crippen LogP) is -0.863. The quantitative estimate of drug-likeness (QED) is 0.693. The van der Waals surface area contributed by atoms with Gasteiger partial charge < -0.3 is 15.1 Å². The van der Waals surface area contributed by atoms with Gasteiger partial charge in [0.15, 0.2) is 0 Å². The summed E-state index contributed by atoms with van der Waals surface area (Å²) in [5, 5.41) is 25.5. The number of nitrogens with zero attached hydrogens (tertiary/aromatic N) is 3. The Morgan fingerprint density at radius 2 is 2.18 bits per heavy atom. The average molecular weight is 237 g/mol. The molecule has 1 saturated heterocycles. The zero-order valence-corrected chi connectivity index (χ0v) is 8.85. The van der Waals surface area contributed by atoms with Crippen molar-refractivity contribution >= 4 is 11.9 Å². The fraction of sp³-hybridized carbons (Fsp3) is 0.400. The van der Waals surface area contributed by atoms with Crippen LogP contribution in [-0.4, -0.2) is 55.9 Å². The fourth-order valence-corrected chi connectivity index (χ4v) is 1.86. The Morgan fingerprint density at radius 1 is 1.41 bits per heavy atom. The van der Waals surface area contributed by atoms with Crippen LogP contribution in [0.5, 0.6) is 0 Å². The minimum atomic E-state index is -1.11. The van der Waals surface area contributed by atoms with E-state index in [0.717, 1.165) is 4.90 Å². The first-order valence-electron chi connectivity index (χ1n) is 5.08. The predicted molar refractivity (Wildman–Crippen MR) is 55.1 cm³/mol. The molecule has 0 radical (unpaired) electrons. The molecular weight excluding hydrogens is 226 g/mol. The number of β-amino-alcohol motifs (C(OH)–C–C–N with tert-alkyl or cyclic N) is 1. The number of hydrogen-bond donors (Lipinski definition) is 2. The Hall–Kier alpha value is -2.02. The molecular formula is C10H11N3O4. The molecule has 1 aromatic heterocycles. The van der Waals surface area contributed by atoms with Crippen molar-refractivity contribution in [3.63, 3.8) is 0 Å². The van der Waals surface area contributed by atoms with Crippen LogP contribution in [0.1, 0.15) is 16.8 Å². The standard InChI is InChI=1S/C10H11N3O4/c14-7-3-8(10(16)17)13(5-7)9(15)6-1-2-11-12-4-6/h1-2,4,7-8,14H,3,5H2,(H,16,17). The topological polar surface area (TPSA) is 104 Å². The molecule has 1 aliphatic heterocycles. The van der Waals surface area contributed by atoms with Gasteiger partial charge in [-0.3, -0.25) is 4.79 Å². The Kier molecular flexibility index (Phi) is 3.01. The average Bonchev–Trinajstić information content (AvgIpc) is 2.72. The van der Waals surface area contributed by atoms with E-state index in [1.165, 1.54) is 18.5 Å². The molecule has 1 aliphatic rings. The third-order valence-corrected chi connectivity index (χ3v) is 2.66. The molecule has 2 heterocycles. The highest BCUT2D eigenvalue weighted by Gasteiger charge is 2.39. The second-order valence-electron chi connectivity index (χ2n) is 3.83. The van der Waals surface area contributed by atoms with Crippen molar-refractivity contribution in [2.75, 3.05) is 6.54 Å². The number of rotatable bonds is 2. The Bertz CT molecular complexity index is 436. The van der Waals surface area contributed by atoms with Crippen LogP contribution in [0.4, 0.5) is 0 Å². The van der Waals surface area contributed by atoms with Gasteiger partial charge in [0.25, 0.3) is 5.91 Å². The molecule has 1 fully saturated rings. The minimum Gasteiger partial charge on any atom is -0.480 e. The summed E-state index contributed by atoms with van der Waals surface area (Å²) >= 11 is 0. The van der Waals surface area contributed by atoms with E-state index in [1.54, 1.807) is 0 Å². The molecule has 7 nitrogen and oxygen atoms in total. The number of aromatic nitrogens is 2.